The number of rotatable bonds is 28. The molecule has 0 aliphatic carbocycles. The molecule has 23 heteroatoms. The van der Waals surface area contributed by atoms with Crippen LogP contribution in [0.2, 0.25) is 0 Å². The third-order valence-electron chi connectivity index (χ3n) is 7.45. The highest BCUT2D eigenvalue weighted by molar-refractivity contribution is 5.84. The van der Waals surface area contributed by atoms with Crippen LogP contribution in [0.4, 0.5) is 57.1 Å². The summed E-state index contributed by atoms with van der Waals surface area (Å²) in [5, 5.41) is 13.0. The predicted molar refractivity (Wildman–Crippen MR) is 159 cm³/mol. The first-order valence-electron chi connectivity index (χ1n) is 16.5. The molecule has 10 nitrogen and oxygen atoms in total. The zero-order valence-electron chi connectivity index (χ0n) is 28.6. The van der Waals surface area contributed by atoms with E-state index in [1.165, 1.54) is 10.9 Å². The van der Waals surface area contributed by atoms with Gasteiger partial charge in [-0.05, 0) is 32.1 Å². The Morgan fingerprint density at radius 2 is 1.23 bits per heavy atom. The van der Waals surface area contributed by atoms with Crippen LogP contribution in [0.15, 0.2) is 6.20 Å². The van der Waals surface area contributed by atoms with Gasteiger partial charge in [-0.2, -0.15) is 57.1 Å². The summed E-state index contributed by atoms with van der Waals surface area (Å²) in [5.41, 5.74) is 0.341. The maximum Gasteiger partial charge on any atom is 0.460 e. The Hall–Kier alpha value is -3.24. The Balaban J connectivity index is 2.26. The van der Waals surface area contributed by atoms with Crippen molar-refractivity contribution in [2.45, 2.75) is 120 Å². The second kappa shape index (κ2) is 21.0. The zero-order valence-corrected chi connectivity index (χ0v) is 28.6. The minimum Gasteiger partial charge on any atom is -0.381 e. The number of ketones is 1. The van der Waals surface area contributed by atoms with E-state index in [1.807, 2.05) is 6.92 Å². The lowest BCUT2D eigenvalue weighted by atomic mass is 9.93. The summed E-state index contributed by atoms with van der Waals surface area (Å²) in [4.78, 5) is 35.4. The fourth-order valence-corrected chi connectivity index (χ4v) is 4.25. The van der Waals surface area contributed by atoms with Crippen LogP contribution in [-0.4, -0.2) is 108 Å². The van der Waals surface area contributed by atoms with Gasteiger partial charge in [0.2, 0.25) is 11.8 Å². The molecule has 1 rings (SSSR count). The van der Waals surface area contributed by atoms with Crippen molar-refractivity contribution in [3.8, 4) is 0 Å². The molecule has 0 bridgehead atoms. The highest BCUT2D eigenvalue weighted by Gasteiger charge is 2.90. The highest BCUT2D eigenvalue weighted by atomic mass is 19.4. The van der Waals surface area contributed by atoms with Crippen molar-refractivity contribution >= 4 is 17.6 Å². The van der Waals surface area contributed by atoms with Crippen LogP contribution < -0.4 is 10.6 Å². The van der Waals surface area contributed by atoms with Crippen molar-refractivity contribution in [3.05, 3.63) is 11.9 Å². The molecule has 1 aromatic heterocycles. The third-order valence-corrected chi connectivity index (χ3v) is 7.45. The van der Waals surface area contributed by atoms with Gasteiger partial charge in [0.15, 0.2) is 0 Å². The van der Waals surface area contributed by atoms with Crippen LogP contribution in [0.3, 0.4) is 0 Å². The summed E-state index contributed by atoms with van der Waals surface area (Å²) in [7, 11) is 0. The smallest absolute Gasteiger partial charge is 0.381 e. The monoisotopic (exact) mass is 799 g/mol. The van der Waals surface area contributed by atoms with Gasteiger partial charge in [-0.3, -0.25) is 19.1 Å². The van der Waals surface area contributed by atoms with E-state index in [9.17, 15) is 71.5 Å². The molecule has 2 amide bonds. The maximum absolute atomic E-state index is 13.8. The van der Waals surface area contributed by atoms with Crippen LogP contribution in [0.25, 0.3) is 0 Å². The zero-order chi connectivity index (χ0) is 40.6. The molecule has 0 saturated heterocycles. The van der Waals surface area contributed by atoms with Gasteiger partial charge in [0.1, 0.15) is 5.78 Å². The molecule has 0 spiro atoms. The Morgan fingerprint density at radius 3 is 1.85 bits per heavy atom. The summed E-state index contributed by atoms with van der Waals surface area (Å²) < 4.78 is 182. The number of carbonyl (C=O) groups excluding carboxylic acids is 3. The number of Topliss-reactive ketones (excluding diaryl/α,β-unsaturated/α-hetero) is 1. The average Bonchev–Trinajstić information content (AvgIpc) is 3.52. The number of hydrogen-bond donors (Lipinski definition) is 2. The van der Waals surface area contributed by atoms with Crippen LogP contribution in [0.1, 0.15) is 76.8 Å². The molecule has 0 radical (unpaired) electrons. The van der Waals surface area contributed by atoms with E-state index in [2.05, 4.69) is 25.7 Å². The Morgan fingerprint density at radius 1 is 0.660 bits per heavy atom. The van der Waals surface area contributed by atoms with Crippen LogP contribution in [-0.2, 0) is 36.8 Å². The van der Waals surface area contributed by atoms with E-state index >= 15 is 0 Å². The minimum absolute atomic E-state index is 0.0287. The molecule has 53 heavy (non-hydrogen) atoms. The van der Waals surface area contributed by atoms with Crippen LogP contribution in [0.5, 0.6) is 0 Å². The first-order valence-corrected chi connectivity index (χ1v) is 16.5. The number of nitrogens with one attached hydrogen (secondary N) is 2. The van der Waals surface area contributed by atoms with E-state index in [0.29, 0.717) is 31.6 Å². The molecule has 0 aliphatic rings. The molecule has 0 atom stereocenters. The number of unbranched alkanes of at least 4 members (excludes halogenated alkanes) is 1. The number of ether oxygens (including phenoxy) is 2. The van der Waals surface area contributed by atoms with Crippen LogP contribution in [0, 0.1) is 0 Å². The second-order valence-electron chi connectivity index (χ2n) is 11.9. The van der Waals surface area contributed by atoms with E-state index in [0.717, 1.165) is 12.8 Å². The largest absolute Gasteiger partial charge is 0.460 e. The maximum atomic E-state index is 13.8. The van der Waals surface area contributed by atoms with Crippen molar-refractivity contribution in [2.75, 3.05) is 39.5 Å². The summed E-state index contributed by atoms with van der Waals surface area (Å²) >= 11 is 0. The van der Waals surface area contributed by atoms with Gasteiger partial charge >= 0.3 is 35.8 Å². The number of alkyl halides is 13. The van der Waals surface area contributed by atoms with Gasteiger partial charge < -0.3 is 20.1 Å². The number of halogens is 13. The molecular weight excluding hydrogens is 757 g/mol. The number of aromatic nitrogens is 3. The van der Waals surface area contributed by atoms with Crippen molar-refractivity contribution < 1.29 is 80.9 Å². The predicted octanol–water partition coefficient (Wildman–Crippen LogP) is 6.32. The SMILES string of the molecule is CCCCNC(=O)CCC(=O)CCCOCCC(=O)NCCCn1cc(CCCOCCC(F)(F)C(F)(F)C(F)(F)C(F)(F)C(F)(F)C(F)(F)F)nn1. The third kappa shape index (κ3) is 14.2. The average molecular weight is 800 g/mol. The fourth-order valence-electron chi connectivity index (χ4n) is 4.25. The van der Waals surface area contributed by atoms with E-state index in [1.54, 1.807) is 0 Å². The Bertz CT molecular complexity index is 1280. The van der Waals surface area contributed by atoms with Gasteiger partial charge in [-0.25, -0.2) is 0 Å². The molecule has 0 aromatic carbocycles. The summed E-state index contributed by atoms with van der Waals surface area (Å²) in [5.74, 6) is -37.6. The van der Waals surface area contributed by atoms with Crippen molar-refractivity contribution in [1.29, 1.82) is 0 Å². The Kier molecular flexibility index (Phi) is 18.9. The van der Waals surface area contributed by atoms with Crippen molar-refractivity contribution in [3.63, 3.8) is 0 Å². The number of nitrogens with zero attached hydrogens (tertiary/aromatic N) is 3. The molecule has 2 N–H and O–H groups in total. The standard InChI is InChI=1S/C30H42F13N5O5/c1-2-3-13-44-23(50)10-9-22(49)8-5-17-52-18-11-24(51)45-14-6-15-48-20-21(46-47-48)7-4-16-53-19-12-25(31,32)26(33,34)27(35,36)28(37,38)29(39,40)30(41,42)43/h20H,2-19H2,1H3,(H,44,50)(H,45,51). The van der Waals surface area contributed by atoms with Gasteiger partial charge in [0, 0.05) is 71.1 Å². The van der Waals surface area contributed by atoms with Gasteiger partial charge in [-0.15, -0.1) is 5.10 Å². The minimum atomic E-state index is -7.94. The Labute approximate surface area is 295 Å². The van der Waals surface area contributed by atoms with E-state index in [4.69, 9.17) is 4.74 Å². The second-order valence-corrected chi connectivity index (χ2v) is 11.9. The summed E-state index contributed by atoms with van der Waals surface area (Å²) in [6.07, 6.45) is -5.05. The summed E-state index contributed by atoms with van der Waals surface area (Å²) in [6, 6.07) is 0. The molecule has 308 valence electrons. The topological polar surface area (TPSA) is 124 Å². The quantitative estimate of drug-likeness (QED) is 0.0752. The first kappa shape index (κ1) is 47.8. The lowest BCUT2D eigenvalue weighted by molar-refractivity contribution is -0.440. The van der Waals surface area contributed by atoms with Gasteiger partial charge in [-0.1, -0.05) is 18.6 Å². The highest BCUT2D eigenvalue weighted by Crippen LogP contribution is 2.60. The number of carbonyl (C=O) groups is 3. The fraction of sp³-hybridized carbons (Fsp3) is 0.833. The van der Waals surface area contributed by atoms with E-state index in [-0.39, 0.29) is 75.9 Å². The van der Waals surface area contributed by atoms with E-state index < -0.39 is 55.4 Å². The van der Waals surface area contributed by atoms with Gasteiger partial charge in [0.05, 0.1) is 18.9 Å². The molecule has 1 heterocycles. The molecule has 0 saturated carbocycles. The van der Waals surface area contributed by atoms with Crippen LogP contribution >= 0.6 is 0 Å². The normalized spacial score (nSPS) is 13.3. The number of aryl methyl sites for hydroxylation is 2. The number of amides is 2. The van der Waals surface area contributed by atoms with Crippen molar-refractivity contribution in [1.82, 2.24) is 25.6 Å². The van der Waals surface area contributed by atoms with Gasteiger partial charge in [0.25, 0.3) is 0 Å². The lowest BCUT2D eigenvalue weighted by Crippen LogP contribution is -2.70. The molecule has 0 unspecified atom stereocenters. The number of hydrogen-bond acceptors (Lipinski definition) is 7. The molecule has 1 aromatic rings. The lowest BCUT2D eigenvalue weighted by Gasteiger charge is -2.39. The molecule has 0 fully saturated rings. The molecule has 0 aliphatic heterocycles. The van der Waals surface area contributed by atoms with Crippen molar-refractivity contribution in [2.24, 2.45) is 0 Å². The molecular formula is C30H42F13N5O5. The first-order chi connectivity index (χ1) is 24.4. The summed E-state index contributed by atoms with van der Waals surface area (Å²) in [6.45, 7) is 1.58.